The lowest BCUT2D eigenvalue weighted by molar-refractivity contribution is -0.385. The van der Waals surface area contributed by atoms with Gasteiger partial charge in [0.25, 0.3) is 5.91 Å². The first kappa shape index (κ1) is 17.1. The number of hydrogen-bond donors (Lipinski definition) is 1. The van der Waals surface area contributed by atoms with Crippen LogP contribution in [0.2, 0.25) is 0 Å². The zero-order chi connectivity index (χ0) is 18.5. The van der Waals surface area contributed by atoms with E-state index in [9.17, 15) is 14.9 Å². The van der Waals surface area contributed by atoms with Gasteiger partial charge in [-0.15, -0.1) is 0 Å². The molecule has 1 N–H and O–H groups in total. The molecule has 0 spiro atoms. The van der Waals surface area contributed by atoms with Gasteiger partial charge in [0.05, 0.1) is 18.6 Å². The van der Waals surface area contributed by atoms with E-state index in [0.717, 1.165) is 11.6 Å². The lowest BCUT2D eigenvalue weighted by Gasteiger charge is -2.05. The molecule has 0 bridgehead atoms. The van der Waals surface area contributed by atoms with Gasteiger partial charge in [-0.2, -0.15) is 4.98 Å². The molecule has 9 heteroatoms. The van der Waals surface area contributed by atoms with Gasteiger partial charge in [-0.3, -0.25) is 14.9 Å². The van der Waals surface area contributed by atoms with Crippen molar-refractivity contribution < 1.29 is 19.0 Å². The zero-order valence-corrected chi connectivity index (χ0v) is 13.7. The van der Waals surface area contributed by atoms with Crippen LogP contribution in [0.25, 0.3) is 11.4 Å². The summed E-state index contributed by atoms with van der Waals surface area (Å²) in [6, 6.07) is 13.2. The second-order valence-electron chi connectivity index (χ2n) is 5.20. The fourth-order valence-electron chi connectivity index (χ4n) is 2.26. The molecule has 3 rings (SSSR count). The van der Waals surface area contributed by atoms with Gasteiger partial charge in [0.15, 0.2) is 5.75 Å². The maximum absolute atomic E-state index is 12.2. The largest absolute Gasteiger partial charge is 0.490 e. The van der Waals surface area contributed by atoms with E-state index in [1.165, 1.54) is 19.2 Å². The van der Waals surface area contributed by atoms with Crippen molar-refractivity contribution in [3.05, 3.63) is 70.1 Å². The number of rotatable bonds is 6. The zero-order valence-electron chi connectivity index (χ0n) is 13.7. The number of carbonyl (C=O) groups excluding carboxylic acids is 1. The van der Waals surface area contributed by atoms with E-state index in [2.05, 4.69) is 15.5 Å². The molecule has 0 fully saturated rings. The van der Waals surface area contributed by atoms with Crippen LogP contribution in [0.1, 0.15) is 16.2 Å². The van der Waals surface area contributed by atoms with Crippen LogP contribution in [-0.2, 0) is 6.54 Å². The summed E-state index contributed by atoms with van der Waals surface area (Å²) in [5, 5.41) is 17.5. The highest BCUT2D eigenvalue weighted by Crippen LogP contribution is 2.27. The van der Waals surface area contributed by atoms with Crippen molar-refractivity contribution in [1.29, 1.82) is 0 Å². The fraction of sp³-hybridized carbons (Fsp3) is 0.118. The van der Waals surface area contributed by atoms with E-state index in [0.29, 0.717) is 5.82 Å². The lowest BCUT2D eigenvalue weighted by Crippen LogP contribution is -2.23. The highest BCUT2D eigenvalue weighted by atomic mass is 16.6. The molecular formula is C17H14N4O5. The summed E-state index contributed by atoms with van der Waals surface area (Å²) < 4.78 is 10.0. The highest BCUT2D eigenvalue weighted by molar-refractivity contribution is 5.95. The van der Waals surface area contributed by atoms with Crippen LogP contribution in [0.4, 0.5) is 5.69 Å². The van der Waals surface area contributed by atoms with Crippen LogP contribution in [0.5, 0.6) is 5.75 Å². The van der Waals surface area contributed by atoms with E-state index in [1.807, 2.05) is 30.3 Å². The third-order valence-electron chi connectivity index (χ3n) is 3.54. The average molecular weight is 354 g/mol. The Bertz CT molecular complexity index is 939. The summed E-state index contributed by atoms with van der Waals surface area (Å²) in [7, 11) is 1.32. The predicted molar refractivity (Wildman–Crippen MR) is 90.6 cm³/mol. The maximum Gasteiger partial charge on any atom is 0.311 e. The average Bonchev–Trinajstić information content (AvgIpc) is 3.15. The predicted octanol–water partition coefficient (Wildman–Crippen LogP) is 2.58. The Balaban J connectivity index is 1.69. The Labute approximate surface area is 147 Å². The van der Waals surface area contributed by atoms with Gasteiger partial charge >= 0.3 is 5.69 Å². The van der Waals surface area contributed by atoms with Crippen molar-refractivity contribution >= 4 is 11.6 Å². The molecule has 0 saturated heterocycles. The molecule has 1 heterocycles. The molecule has 3 aromatic rings. The molecule has 2 aromatic carbocycles. The molecule has 0 aliphatic carbocycles. The number of ether oxygens (including phenoxy) is 1. The first-order chi connectivity index (χ1) is 12.6. The van der Waals surface area contributed by atoms with Crippen molar-refractivity contribution in [3.63, 3.8) is 0 Å². The molecule has 0 aliphatic heterocycles. The minimum atomic E-state index is -0.611. The number of carbonyl (C=O) groups is 1. The van der Waals surface area contributed by atoms with Crippen molar-refractivity contribution in [1.82, 2.24) is 15.5 Å². The van der Waals surface area contributed by atoms with Crippen LogP contribution in [0.15, 0.2) is 53.1 Å². The molecule has 0 atom stereocenters. The van der Waals surface area contributed by atoms with E-state index >= 15 is 0 Å². The molecule has 0 radical (unpaired) electrons. The molecule has 1 amide bonds. The summed E-state index contributed by atoms with van der Waals surface area (Å²) in [5.74, 6) is 0.210. The monoisotopic (exact) mass is 354 g/mol. The maximum atomic E-state index is 12.2. The number of nitro groups is 1. The smallest absolute Gasteiger partial charge is 0.311 e. The minimum absolute atomic E-state index is 0.00149. The fourth-order valence-corrected chi connectivity index (χ4v) is 2.26. The number of hydrogen-bond acceptors (Lipinski definition) is 7. The quantitative estimate of drug-likeness (QED) is 0.533. The van der Waals surface area contributed by atoms with Crippen LogP contribution in [-0.4, -0.2) is 28.1 Å². The van der Waals surface area contributed by atoms with Crippen molar-refractivity contribution in [3.8, 4) is 17.1 Å². The van der Waals surface area contributed by atoms with Gasteiger partial charge in [-0.25, -0.2) is 0 Å². The summed E-state index contributed by atoms with van der Waals surface area (Å²) >= 11 is 0. The topological polar surface area (TPSA) is 120 Å². The summed E-state index contributed by atoms with van der Waals surface area (Å²) in [5.41, 5.74) is 0.629. The molecule has 9 nitrogen and oxygen atoms in total. The van der Waals surface area contributed by atoms with Gasteiger partial charge in [-0.05, 0) is 12.1 Å². The third kappa shape index (κ3) is 3.66. The van der Waals surface area contributed by atoms with Gasteiger partial charge in [0.2, 0.25) is 11.7 Å². The number of nitrogens with zero attached hydrogens (tertiary/aromatic N) is 3. The van der Waals surface area contributed by atoms with Crippen LogP contribution >= 0.6 is 0 Å². The van der Waals surface area contributed by atoms with Crippen molar-refractivity contribution in [2.75, 3.05) is 7.11 Å². The molecule has 0 unspecified atom stereocenters. The van der Waals surface area contributed by atoms with Gasteiger partial charge in [-0.1, -0.05) is 35.5 Å². The molecule has 0 aliphatic rings. The van der Waals surface area contributed by atoms with Gasteiger partial charge in [0, 0.05) is 17.2 Å². The first-order valence-electron chi connectivity index (χ1n) is 7.57. The summed E-state index contributed by atoms with van der Waals surface area (Å²) in [6.07, 6.45) is 0. The number of nitrogens with one attached hydrogen (secondary N) is 1. The Kier molecular flexibility index (Phi) is 4.88. The molecular weight excluding hydrogens is 340 g/mol. The Morgan fingerprint density at radius 3 is 2.73 bits per heavy atom. The number of benzene rings is 2. The number of aromatic nitrogens is 2. The van der Waals surface area contributed by atoms with Crippen LogP contribution in [0.3, 0.4) is 0 Å². The Morgan fingerprint density at radius 2 is 2.04 bits per heavy atom. The van der Waals surface area contributed by atoms with Crippen LogP contribution < -0.4 is 10.1 Å². The van der Waals surface area contributed by atoms with E-state index in [4.69, 9.17) is 9.26 Å². The molecule has 26 heavy (non-hydrogen) atoms. The first-order valence-corrected chi connectivity index (χ1v) is 7.57. The Hall–Kier alpha value is -3.75. The number of nitro benzene ring substituents is 1. The van der Waals surface area contributed by atoms with Crippen molar-refractivity contribution in [2.24, 2.45) is 0 Å². The number of methoxy groups -OCH3 is 1. The molecule has 0 saturated carbocycles. The van der Waals surface area contributed by atoms with Gasteiger partial charge < -0.3 is 14.6 Å². The minimum Gasteiger partial charge on any atom is -0.490 e. The molecule has 1 aromatic heterocycles. The third-order valence-corrected chi connectivity index (χ3v) is 3.54. The van der Waals surface area contributed by atoms with E-state index in [1.54, 1.807) is 0 Å². The second-order valence-corrected chi connectivity index (χ2v) is 5.20. The standard InChI is InChI=1S/C17H14N4O5/c1-25-14-8-7-12(9-13(14)21(23)24)17(22)18-10-15-19-16(20-26-15)11-5-3-2-4-6-11/h2-9H,10H2,1H3,(H,18,22). The number of amides is 1. The van der Waals surface area contributed by atoms with E-state index in [-0.39, 0.29) is 29.4 Å². The normalized spacial score (nSPS) is 10.3. The van der Waals surface area contributed by atoms with Crippen LogP contribution in [0, 0.1) is 10.1 Å². The summed E-state index contributed by atoms with van der Waals surface area (Å²) in [4.78, 5) is 26.8. The molecule has 132 valence electrons. The lowest BCUT2D eigenvalue weighted by atomic mass is 10.1. The summed E-state index contributed by atoms with van der Waals surface area (Å²) in [6.45, 7) is -0.00149. The second kappa shape index (κ2) is 7.43. The van der Waals surface area contributed by atoms with Crippen molar-refractivity contribution in [2.45, 2.75) is 6.54 Å². The highest BCUT2D eigenvalue weighted by Gasteiger charge is 2.18. The van der Waals surface area contributed by atoms with E-state index < -0.39 is 10.8 Å². The Morgan fingerprint density at radius 1 is 1.27 bits per heavy atom. The van der Waals surface area contributed by atoms with Gasteiger partial charge in [0.1, 0.15) is 0 Å². The SMILES string of the molecule is COc1ccc(C(=O)NCc2nc(-c3ccccc3)no2)cc1[N+](=O)[O-].